The first-order valence-electron chi connectivity index (χ1n) is 6.82. The van der Waals surface area contributed by atoms with E-state index in [0.717, 1.165) is 0 Å². The van der Waals surface area contributed by atoms with E-state index in [-0.39, 0.29) is 0 Å². The second-order valence-corrected chi connectivity index (χ2v) is 4.79. The van der Waals surface area contributed by atoms with Crippen LogP contribution in [-0.2, 0) is 0 Å². The Balaban J connectivity index is 2.17. The van der Waals surface area contributed by atoms with Crippen LogP contribution in [0.15, 0.2) is 84.9 Å². The summed E-state index contributed by atoms with van der Waals surface area (Å²) in [6, 6.07) is 29.4. The molecule has 0 amide bonds. The molecule has 0 heterocycles. The number of para-hydroxylation sites is 3. The van der Waals surface area contributed by atoms with Gasteiger partial charge in [0.05, 0.1) is 0 Å². The molecule has 3 rings (SSSR count). The molecule has 0 radical (unpaired) electrons. The summed E-state index contributed by atoms with van der Waals surface area (Å²) in [4.78, 5) is 2.29. The predicted molar refractivity (Wildman–Crippen MR) is 86.5 cm³/mol. The van der Waals surface area contributed by atoms with Gasteiger partial charge in [-0.1, -0.05) is 0 Å². The van der Waals surface area contributed by atoms with Crippen molar-refractivity contribution in [2.75, 3.05) is 4.90 Å². The van der Waals surface area contributed by atoms with E-state index in [2.05, 4.69) is 95.4 Å². The summed E-state index contributed by atoms with van der Waals surface area (Å²) in [6.07, 6.45) is 0. The minimum absolute atomic E-state index is 1.17. The molecule has 0 aliphatic carbocycles. The Morgan fingerprint density at radius 2 is 1.00 bits per heavy atom. The molecule has 0 bridgehead atoms. The van der Waals surface area contributed by atoms with Crippen LogP contribution in [0.2, 0.25) is 0 Å². The van der Waals surface area contributed by atoms with Gasteiger partial charge in [-0.05, 0) is 0 Å². The number of benzene rings is 3. The van der Waals surface area contributed by atoms with Crippen LogP contribution >= 0.6 is 0 Å². The Hall–Kier alpha value is -1.94. The molecule has 0 atom stereocenters. The van der Waals surface area contributed by atoms with Crippen LogP contribution in [0, 0.1) is 0 Å². The standard InChI is InChI=1S/C18H14N.Li/c1-4-10-16(11-5-1)19(17-12-6-2-7-13-17)18-14-8-3-9-15-18;/h1-14H;. The number of hydrogen-bond acceptors (Lipinski definition) is 1. The van der Waals surface area contributed by atoms with Gasteiger partial charge in [0.25, 0.3) is 0 Å². The van der Waals surface area contributed by atoms with E-state index in [1.807, 2.05) is 12.1 Å². The zero-order valence-corrected chi connectivity index (χ0v) is 11.5. The molecule has 3 aromatic rings. The van der Waals surface area contributed by atoms with Gasteiger partial charge in [-0.2, -0.15) is 0 Å². The van der Waals surface area contributed by atoms with Crippen molar-refractivity contribution in [3.05, 3.63) is 84.9 Å². The Bertz CT molecular complexity index is 641. The van der Waals surface area contributed by atoms with Gasteiger partial charge in [0.2, 0.25) is 0 Å². The maximum atomic E-state index is 2.29. The molecule has 0 saturated carbocycles. The SMILES string of the molecule is [Li][c]1ccccc1N(c1ccccc1)c1ccccc1. The summed E-state index contributed by atoms with van der Waals surface area (Å²) in [7, 11) is 0. The van der Waals surface area contributed by atoms with E-state index < -0.39 is 0 Å². The fourth-order valence-corrected chi connectivity index (χ4v) is 2.40. The van der Waals surface area contributed by atoms with Gasteiger partial charge in [-0.3, -0.25) is 0 Å². The zero-order chi connectivity index (χ0) is 13.8. The third-order valence-electron chi connectivity index (χ3n) is 3.39. The van der Waals surface area contributed by atoms with Gasteiger partial charge in [0.15, 0.2) is 0 Å². The average molecular weight is 251 g/mol. The summed E-state index contributed by atoms with van der Waals surface area (Å²) in [5.74, 6) is 0. The second-order valence-electron chi connectivity index (χ2n) is 4.79. The van der Waals surface area contributed by atoms with Gasteiger partial charge in [0, 0.05) is 0 Å². The van der Waals surface area contributed by atoms with Crippen LogP contribution in [0.25, 0.3) is 0 Å². The first kappa shape index (κ1) is 13.1. The molecule has 0 spiro atoms. The molecular formula is C18H14LiN. The minimum atomic E-state index is 1.17. The summed E-state index contributed by atoms with van der Waals surface area (Å²) >= 11 is 2.15. The fraction of sp³-hybridized carbons (Fsp3) is 0. The average Bonchev–Trinajstić information content (AvgIpc) is 2.52. The van der Waals surface area contributed by atoms with Crippen molar-refractivity contribution in [2.45, 2.75) is 0 Å². The summed E-state index contributed by atoms with van der Waals surface area (Å²) < 4.78 is 1.26. The molecule has 92 valence electrons. The third-order valence-corrected chi connectivity index (χ3v) is 3.39. The van der Waals surface area contributed by atoms with Crippen molar-refractivity contribution in [3.8, 4) is 0 Å². The van der Waals surface area contributed by atoms with Gasteiger partial charge < -0.3 is 0 Å². The summed E-state index contributed by atoms with van der Waals surface area (Å²) in [6.45, 7) is 0. The molecule has 0 aromatic heterocycles. The summed E-state index contributed by atoms with van der Waals surface area (Å²) in [5.41, 5.74) is 3.56. The zero-order valence-electron chi connectivity index (χ0n) is 11.5. The first-order chi connectivity index (χ1) is 9.86. The van der Waals surface area contributed by atoms with Crippen LogP contribution in [-0.4, -0.2) is 17.7 Å². The van der Waals surface area contributed by atoms with Crippen LogP contribution in [0.3, 0.4) is 0 Å². The van der Waals surface area contributed by atoms with E-state index in [1.54, 1.807) is 0 Å². The quantitative estimate of drug-likeness (QED) is 0.637. The molecule has 0 fully saturated rings. The van der Waals surface area contributed by atoms with Crippen molar-refractivity contribution in [1.29, 1.82) is 0 Å². The van der Waals surface area contributed by atoms with E-state index in [1.165, 1.54) is 21.3 Å². The number of hydrogen-bond donors (Lipinski definition) is 0. The number of nitrogens with zero attached hydrogens (tertiary/aromatic N) is 1. The topological polar surface area (TPSA) is 3.24 Å². The summed E-state index contributed by atoms with van der Waals surface area (Å²) in [5, 5.41) is 0. The van der Waals surface area contributed by atoms with Crippen LogP contribution in [0.5, 0.6) is 0 Å². The monoisotopic (exact) mass is 251 g/mol. The molecule has 0 N–H and O–H groups in total. The molecule has 0 unspecified atom stereocenters. The molecule has 20 heavy (non-hydrogen) atoms. The molecule has 3 aromatic carbocycles. The van der Waals surface area contributed by atoms with Gasteiger partial charge >= 0.3 is 129 Å². The van der Waals surface area contributed by atoms with Gasteiger partial charge in [0.1, 0.15) is 0 Å². The molecule has 0 aliphatic rings. The normalized spacial score (nSPS) is 10.3. The fourth-order valence-electron chi connectivity index (χ4n) is 2.40. The van der Waals surface area contributed by atoms with E-state index >= 15 is 0 Å². The Morgan fingerprint density at radius 1 is 0.550 bits per heavy atom. The van der Waals surface area contributed by atoms with Crippen LogP contribution < -0.4 is 9.14 Å². The molecule has 0 saturated heterocycles. The Kier molecular flexibility index (Phi) is 3.92. The van der Waals surface area contributed by atoms with Gasteiger partial charge in [-0.25, -0.2) is 0 Å². The number of anilines is 3. The van der Waals surface area contributed by atoms with Crippen molar-refractivity contribution in [1.82, 2.24) is 0 Å². The van der Waals surface area contributed by atoms with Crippen molar-refractivity contribution >= 4 is 39.0 Å². The van der Waals surface area contributed by atoms with E-state index in [4.69, 9.17) is 0 Å². The number of rotatable bonds is 3. The van der Waals surface area contributed by atoms with E-state index in [0.29, 0.717) is 0 Å². The van der Waals surface area contributed by atoms with Gasteiger partial charge in [-0.15, -0.1) is 0 Å². The Morgan fingerprint density at radius 3 is 1.50 bits per heavy atom. The molecule has 2 heteroatoms. The van der Waals surface area contributed by atoms with Crippen molar-refractivity contribution in [2.24, 2.45) is 0 Å². The predicted octanol–water partition coefficient (Wildman–Crippen LogP) is 3.95. The second kappa shape index (κ2) is 6.01. The third kappa shape index (κ3) is 2.65. The maximum absolute atomic E-state index is 2.29. The Labute approximate surface area is 129 Å². The molecule has 0 aliphatic heterocycles. The van der Waals surface area contributed by atoms with Crippen LogP contribution in [0.1, 0.15) is 0 Å². The van der Waals surface area contributed by atoms with Crippen LogP contribution in [0.4, 0.5) is 17.1 Å². The molecular weight excluding hydrogens is 237 g/mol. The van der Waals surface area contributed by atoms with Crippen molar-refractivity contribution in [3.63, 3.8) is 0 Å². The van der Waals surface area contributed by atoms with Crippen molar-refractivity contribution < 1.29 is 0 Å². The van der Waals surface area contributed by atoms with E-state index in [9.17, 15) is 0 Å². The first-order valence-corrected chi connectivity index (χ1v) is 6.82. The molecule has 1 nitrogen and oxygen atoms in total.